The van der Waals surface area contributed by atoms with E-state index in [2.05, 4.69) is 24.2 Å². The van der Waals surface area contributed by atoms with Gasteiger partial charge in [-0.15, -0.1) is 0 Å². The number of likely N-dealkylation sites (N-methyl/N-ethyl adjacent to an activating group) is 1. The maximum absolute atomic E-state index is 5.32. The van der Waals surface area contributed by atoms with E-state index >= 15 is 0 Å². The molecule has 1 rings (SSSR count). The molecule has 1 aliphatic carbocycles. The fourth-order valence-electron chi connectivity index (χ4n) is 1.72. The monoisotopic (exact) mass is 214 g/mol. The zero-order valence-corrected chi connectivity index (χ0v) is 10.5. The van der Waals surface area contributed by atoms with Crippen molar-refractivity contribution in [2.45, 2.75) is 32.7 Å². The van der Waals surface area contributed by atoms with Gasteiger partial charge in [-0.2, -0.15) is 0 Å². The Hall–Kier alpha value is -0.120. The van der Waals surface area contributed by atoms with Crippen LogP contribution < -0.4 is 5.32 Å². The van der Waals surface area contributed by atoms with E-state index in [9.17, 15) is 0 Å². The van der Waals surface area contributed by atoms with Crippen molar-refractivity contribution in [1.29, 1.82) is 0 Å². The lowest BCUT2D eigenvalue weighted by molar-refractivity contribution is 0.122. The summed E-state index contributed by atoms with van der Waals surface area (Å²) in [6.07, 6.45) is 2.85. The normalized spacial score (nSPS) is 18.4. The molecule has 1 unspecified atom stereocenters. The standard InChI is InChI=1S/C12H26N2O/c1-4-15-10-9-14(3)8-7-13-11(2)12-5-6-12/h11-13H,4-10H2,1-3H3. The van der Waals surface area contributed by atoms with Crippen molar-refractivity contribution in [2.75, 3.05) is 39.9 Å². The van der Waals surface area contributed by atoms with Gasteiger partial charge in [0.25, 0.3) is 0 Å². The molecule has 1 fully saturated rings. The summed E-state index contributed by atoms with van der Waals surface area (Å²) in [5, 5.41) is 3.58. The quantitative estimate of drug-likeness (QED) is 0.586. The van der Waals surface area contributed by atoms with Crippen molar-refractivity contribution in [3.63, 3.8) is 0 Å². The minimum atomic E-state index is 0.713. The van der Waals surface area contributed by atoms with E-state index in [-0.39, 0.29) is 0 Å². The molecular formula is C12H26N2O. The van der Waals surface area contributed by atoms with E-state index in [0.29, 0.717) is 6.04 Å². The average Bonchev–Trinajstić information content (AvgIpc) is 3.01. The second-order valence-corrected chi connectivity index (χ2v) is 4.58. The van der Waals surface area contributed by atoms with Crippen LogP contribution in [0.2, 0.25) is 0 Å². The van der Waals surface area contributed by atoms with Crippen LogP contribution in [0, 0.1) is 5.92 Å². The smallest absolute Gasteiger partial charge is 0.0593 e. The van der Waals surface area contributed by atoms with Gasteiger partial charge in [0.2, 0.25) is 0 Å². The third-order valence-corrected chi connectivity index (χ3v) is 3.11. The molecule has 0 aromatic rings. The zero-order chi connectivity index (χ0) is 11.1. The van der Waals surface area contributed by atoms with Gasteiger partial charge in [-0.3, -0.25) is 0 Å². The number of nitrogens with zero attached hydrogens (tertiary/aromatic N) is 1. The Balaban J connectivity index is 1.89. The summed E-state index contributed by atoms with van der Waals surface area (Å²) in [6.45, 7) is 9.27. The highest BCUT2D eigenvalue weighted by Crippen LogP contribution is 2.32. The Morgan fingerprint density at radius 1 is 1.40 bits per heavy atom. The minimum Gasteiger partial charge on any atom is -0.380 e. The second-order valence-electron chi connectivity index (χ2n) is 4.58. The third kappa shape index (κ3) is 6.13. The van der Waals surface area contributed by atoms with Crippen LogP contribution in [-0.2, 0) is 4.74 Å². The first-order chi connectivity index (χ1) is 7.24. The van der Waals surface area contributed by atoms with Gasteiger partial charge in [0.05, 0.1) is 6.61 Å². The highest BCUT2D eigenvalue weighted by Gasteiger charge is 2.27. The van der Waals surface area contributed by atoms with Crippen LogP contribution in [0.5, 0.6) is 0 Å². The average molecular weight is 214 g/mol. The number of rotatable bonds is 9. The molecule has 90 valence electrons. The highest BCUT2D eigenvalue weighted by molar-refractivity contribution is 4.83. The molecule has 0 amide bonds. The molecule has 0 radical (unpaired) electrons. The first kappa shape index (κ1) is 12.9. The van der Waals surface area contributed by atoms with E-state index in [4.69, 9.17) is 4.74 Å². The van der Waals surface area contributed by atoms with Crippen LogP contribution in [0.4, 0.5) is 0 Å². The number of hydrogen-bond acceptors (Lipinski definition) is 3. The van der Waals surface area contributed by atoms with Crippen molar-refractivity contribution in [2.24, 2.45) is 5.92 Å². The summed E-state index contributed by atoms with van der Waals surface area (Å²) >= 11 is 0. The lowest BCUT2D eigenvalue weighted by Crippen LogP contribution is -2.36. The molecule has 0 heterocycles. The molecule has 0 aromatic heterocycles. The summed E-state index contributed by atoms with van der Waals surface area (Å²) in [5.41, 5.74) is 0. The van der Waals surface area contributed by atoms with E-state index in [1.54, 1.807) is 0 Å². The first-order valence-electron chi connectivity index (χ1n) is 6.23. The van der Waals surface area contributed by atoms with Crippen LogP contribution in [0.15, 0.2) is 0 Å². The Labute approximate surface area is 94.2 Å². The number of nitrogens with one attached hydrogen (secondary N) is 1. The highest BCUT2D eigenvalue weighted by atomic mass is 16.5. The SMILES string of the molecule is CCOCCN(C)CCNC(C)C1CC1. The summed E-state index contributed by atoms with van der Waals surface area (Å²) in [7, 11) is 2.16. The van der Waals surface area contributed by atoms with E-state index in [1.165, 1.54) is 12.8 Å². The topological polar surface area (TPSA) is 24.5 Å². The van der Waals surface area contributed by atoms with Gasteiger partial charge in [0.1, 0.15) is 0 Å². The number of hydrogen-bond donors (Lipinski definition) is 1. The van der Waals surface area contributed by atoms with E-state index < -0.39 is 0 Å². The summed E-state index contributed by atoms with van der Waals surface area (Å²) in [5.74, 6) is 0.957. The summed E-state index contributed by atoms with van der Waals surface area (Å²) in [4.78, 5) is 2.32. The molecule has 15 heavy (non-hydrogen) atoms. The Bertz CT molecular complexity index is 160. The Morgan fingerprint density at radius 2 is 2.13 bits per heavy atom. The minimum absolute atomic E-state index is 0.713. The van der Waals surface area contributed by atoms with Gasteiger partial charge < -0.3 is 15.0 Å². The lowest BCUT2D eigenvalue weighted by Gasteiger charge is -2.19. The Morgan fingerprint density at radius 3 is 2.73 bits per heavy atom. The molecule has 1 atom stereocenters. The van der Waals surface area contributed by atoms with Crippen LogP contribution in [0.25, 0.3) is 0 Å². The van der Waals surface area contributed by atoms with Crippen LogP contribution in [0.1, 0.15) is 26.7 Å². The third-order valence-electron chi connectivity index (χ3n) is 3.11. The van der Waals surface area contributed by atoms with Crippen molar-refractivity contribution >= 4 is 0 Å². The van der Waals surface area contributed by atoms with Gasteiger partial charge in [0, 0.05) is 32.3 Å². The molecule has 0 aromatic carbocycles. The van der Waals surface area contributed by atoms with Crippen molar-refractivity contribution in [3.8, 4) is 0 Å². The maximum atomic E-state index is 5.32. The maximum Gasteiger partial charge on any atom is 0.0593 e. The molecule has 1 saturated carbocycles. The van der Waals surface area contributed by atoms with E-state index in [0.717, 1.165) is 38.8 Å². The van der Waals surface area contributed by atoms with Gasteiger partial charge in [-0.05, 0) is 39.7 Å². The fourth-order valence-corrected chi connectivity index (χ4v) is 1.72. The van der Waals surface area contributed by atoms with Crippen molar-refractivity contribution < 1.29 is 4.74 Å². The number of ether oxygens (including phenoxy) is 1. The molecule has 0 aliphatic heterocycles. The first-order valence-corrected chi connectivity index (χ1v) is 6.23. The molecule has 0 saturated heterocycles. The predicted octanol–water partition coefficient (Wildman–Crippen LogP) is 1.34. The summed E-state index contributed by atoms with van der Waals surface area (Å²) in [6, 6.07) is 0.713. The zero-order valence-electron chi connectivity index (χ0n) is 10.5. The lowest BCUT2D eigenvalue weighted by atomic mass is 10.2. The van der Waals surface area contributed by atoms with Crippen LogP contribution in [0.3, 0.4) is 0 Å². The molecular weight excluding hydrogens is 188 g/mol. The predicted molar refractivity (Wildman–Crippen MR) is 64.2 cm³/mol. The van der Waals surface area contributed by atoms with Gasteiger partial charge in [-0.25, -0.2) is 0 Å². The molecule has 3 heteroatoms. The Kier molecular flexibility index (Phi) is 6.22. The van der Waals surface area contributed by atoms with Gasteiger partial charge >= 0.3 is 0 Å². The summed E-state index contributed by atoms with van der Waals surface area (Å²) < 4.78 is 5.32. The largest absolute Gasteiger partial charge is 0.380 e. The second kappa shape index (κ2) is 7.20. The molecule has 0 bridgehead atoms. The van der Waals surface area contributed by atoms with Crippen molar-refractivity contribution in [3.05, 3.63) is 0 Å². The van der Waals surface area contributed by atoms with E-state index in [1.807, 2.05) is 6.92 Å². The molecule has 0 spiro atoms. The van der Waals surface area contributed by atoms with Gasteiger partial charge in [0.15, 0.2) is 0 Å². The molecule has 3 nitrogen and oxygen atoms in total. The molecule has 1 N–H and O–H groups in total. The fraction of sp³-hybridized carbons (Fsp3) is 1.00. The van der Waals surface area contributed by atoms with Gasteiger partial charge in [-0.1, -0.05) is 0 Å². The van der Waals surface area contributed by atoms with Crippen LogP contribution >= 0.6 is 0 Å². The molecule has 1 aliphatic rings. The van der Waals surface area contributed by atoms with Crippen molar-refractivity contribution in [1.82, 2.24) is 10.2 Å². The van der Waals surface area contributed by atoms with Crippen LogP contribution in [-0.4, -0.2) is 50.8 Å².